The highest BCUT2D eigenvalue weighted by molar-refractivity contribution is 8.00. The molecule has 1 aromatic carbocycles. The third kappa shape index (κ3) is 5.61. The van der Waals surface area contributed by atoms with Crippen LogP contribution in [0.1, 0.15) is 18.5 Å². The van der Waals surface area contributed by atoms with Gasteiger partial charge in [0.15, 0.2) is 11.5 Å². The van der Waals surface area contributed by atoms with Gasteiger partial charge in [-0.25, -0.2) is 0 Å². The maximum Gasteiger partial charge on any atom is 0.441 e. The highest BCUT2D eigenvalue weighted by atomic mass is 32.2. The minimum absolute atomic E-state index is 0.0436. The van der Waals surface area contributed by atoms with Crippen molar-refractivity contribution < 1.29 is 22.6 Å². The van der Waals surface area contributed by atoms with Gasteiger partial charge in [0.05, 0.1) is 13.7 Å². The number of hydrogen-bond donors (Lipinski definition) is 1. The van der Waals surface area contributed by atoms with Gasteiger partial charge < -0.3 is 15.2 Å². The van der Waals surface area contributed by atoms with Crippen molar-refractivity contribution in [3.63, 3.8) is 0 Å². The Kier molecular flexibility index (Phi) is 5.81. The second-order valence-electron chi connectivity index (χ2n) is 3.84. The molecule has 1 rings (SSSR count). The Bertz CT molecular complexity index is 410. The van der Waals surface area contributed by atoms with Gasteiger partial charge in [0.2, 0.25) is 0 Å². The van der Waals surface area contributed by atoms with Crippen LogP contribution in [0, 0.1) is 0 Å². The predicted molar refractivity (Wildman–Crippen MR) is 69.6 cm³/mol. The first-order valence-electron chi connectivity index (χ1n) is 5.60. The molecule has 7 heteroatoms. The lowest BCUT2D eigenvalue weighted by molar-refractivity contribution is -0.0329. The van der Waals surface area contributed by atoms with Gasteiger partial charge in [0, 0.05) is 11.8 Å². The molecule has 0 amide bonds. The topological polar surface area (TPSA) is 44.5 Å². The average Bonchev–Trinajstić information content (AvgIpc) is 2.33. The van der Waals surface area contributed by atoms with Gasteiger partial charge in [-0.2, -0.15) is 13.2 Å². The lowest BCUT2D eigenvalue weighted by Gasteiger charge is -2.13. The lowest BCUT2D eigenvalue weighted by Crippen LogP contribution is -2.09. The summed E-state index contributed by atoms with van der Waals surface area (Å²) < 4.78 is 46.2. The molecule has 0 bridgehead atoms. The first-order valence-corrected chi connectivity index (χ1v) is 6.59. The first-order chi connectivity index (χ1) is 8.83. The number of rotatable bonds is 6. The van der Waals surface area contributed by atoms with Gasteiger partial charge in [-0.05, 0) is 36.4 Å². The Morgan fingerprint density at radius 1 is 1.32 bits per heavy atom. The molecule has 0 saturated heterocycles. The number of thioether (sulfide) groups is 1. The average molecular weight is 295 g/mol. The number of hydrogen-bond acceptors (Lipinski definition) is 4. The Hall–Kier alpha value is -1.08. The molecule has 0 heterocycles. The molecule has 0 aromatic heterocycles. The molecule has 1 aromatic rings. The second kappa shape index (κ2) is 6.91. The molecule has 1 atom stereocenters. The van der Waals surface area contributed by atoms with Gasteiger partial charge in [-0.15, -0.1) is 0 Å². The maximum atomic E-state index is 11.9. The summed E-state index contributed by atoms with van der Waals surface area (Å²) in [5, 5.41) is 0. The number of benzene rings is 1. The summed E-state index contributed by atoms with van der Waals surface area (Å²) in [5.41, 5.74) is 2.37. The summed E-state index contributed by atoms with van der Waals surface area (Å²) in [6.07, 6.45) is 0. The van der Waals surface area contributed by atoms with Crippen LogP contribution in [0.15, 0.2) is 18.2 Å². The van der Waals surface area contributed by atoms with Gasteiger partial charge in [-0.1, -0.05) is 6.07 Å². The third-order valence-corrected chi connectivity index (χ3v) is 3.02. The van der Waals surface area contributed by atoms with Crippen LogP contribution in [-0.4, -0.2) is 25.0 Å². The van der Waals surface area contributed by atoms with Gasteiger partial charge in [0.1, 0.15) is 0 Å². The summed E-state index contributed by atoms with van der Waals surface area (Å²) in [4.78, 5) is 0. The summed E-state index contributed by atoms with van der Waals surface area (Å²) in [6, 6.07) is 4.98. The monoisotopic (exact) mass is 295 g/mol. The van der Waals surface area contributed by atoms with Gasteiger partial charge >= 0.3 is 5.51 Å². The Balaban J connectivity index is 2.58. The van der Waals surface area contributed by atoms with E-state index < -0.39 is 5.51 Å². The number of methoxy groups -OCH3 is 1. The molecule has 0 unspecified atom stereocenters. The highest BCUT2D eigenvalue weighted by Crippen LogP contribution is 2.32. The molecule has 19 heavy (non-hydrogen) atoms. The molecule has 0 aliphatic carbocycles. The molecule has 0 saturated carbocycles. The van der Waals surface area contributed by atoms with Crippen molar-refractivity contribution in [1.82, 2.24) is 0 Å². The Morgan fingerprint density at radius 3 is 2.53 bits per heavy atom. The number of alkyl halides is 3. The van der Waals surface area contributed by atoms with Crippen molar-refractivity contribution in [2.24, 2.45) is 5.73 Å². The zero-order chi connectivity index (χ0) is 14.5. The zero-order valence-electron chi connectivity index (χ0n) is 10.7. The van der Waals surface area contributed by atoms with E-state index in [1.165, 1.54) is 7.11 Å². The minimum Gasteiger partial charge on any atom is -0.493 e. The van der Waals surface area contributed by atoms with E-state index >= 15 is 0 Å². The maximum absolute atomic E-state index is 11.9. The zero-order valence-corrected chi connectivity index (χ0v) is 11.5. The van der Waals surface area contributed by atoms with Gasteiger partial charge in [0.25, 0.3) is 0 Å². The van der Waals surface area contributed by atoms with Gasteiger partial charge in [-0.3, -0.25) is 0 Å². The molecular formula is C12H16F3NO2S. The number of ether oxygens (including phenoxy) is 2. The smallest absolute Gasteiger partial charge is 0.441 e. The van der Waals surface area contributed by atoms with Crippen molar-refractivity contribution in [2.45, 2.75) is 18.5 Å². The third-order valence-electron chi connectivity index (χ3n) is 2.32. The molecule has 0 aliphatic rings. The van der Waals surface area contributed by atoms with Crippen molar-refractivity contribution in [3.8, 4) is 11.5 Å². The van der Waals surface area contributed by atoms with Crippen LogP contribution < -0.4 is 15.2 Å². The van der Waals surface area contributed by atoms with Crippen molar-refractivity contribution in [1.29, 1.82) is 0 Å². The van der Waals surface area contributed by atoms with E-state index in [-0.39, 0.29) is 30.2 Å². The SMILES string of the molecule is COc1cc([C@@H](C)N)ccc1OCCSC(F)(F)F. The predicted octanol–water partition coefficient (Wildman–Crippen LogP) is 3.35. The van der Waals surface area contributed by atoms with Crippen molar-refractivity contribution >= 4 is 11.8 Å². The largest absolute Gasteiger partial charge is 0.493 e. The van der Waals surface area contributed by atoms with Crippen LogP contribution in [0.25, 0.3) is 0 Å². The number of nitrogens with two attached hydrogens (primary N) is 1. The molecule has 2 N–H and O–H groups in total. The fraction of sp³-hybridized carbons (Fsp3) is 0.500. The van der Waals surface area contributed by atoms with Crippen LogP contribution in [0.2, 0.25) is 0 Å². The summed E-state index contributed by atoms with van der Waals surface area (Å²) in [5.74, 6) is 0.711. The minimum atomic E-state index is -4.23. The molecule has 108 valence electrons. The Labute approximate surface area is 114 Å². The normalized spacial score (nSPS) is 13.2. The van der Waals surface area contributed by atoms with E-state index in [1.807, 2.05) is 6.92 Å². The Morgan fingerprint density at radius 2 is 2.00 bits per heavy atom. The second-order valence-corrected chi connectivity index (χ2v) is 5.00. The van der Waals surface area contributed by atoms with E-state index in [2.05, 4.69) is 0 Å². The fourth-order valence-corrected chi connectivity index (χ4v) is 1.79. The summed E-state index contributed by atoms with van der Waals surface area (Å²) >= 11 is -0.111. The number of halogens is 3. The van der Waals surface area contributed by atoms with Crippen molar-refractivity contribution in [2.75, 3.05) is 19.5 Å². The standard InChI is InChI=1S/C12H16F3NO2S/c1-8(16)9-3-4-10(11(7-9)17-2)18-5-6-19-12(13,14)15/h3-4,7-8H,5-6,16H2,1-2H3/t8-/m1/s1. The van der Waals surface area contributed by atoms with Crippen LogP contribution in [0.5, 0.6) is 11.5 Å². The summed E-state index contributed by atoms with van der Waals surface area (Å²) in [7, 11) is 1.47. The van der Waals surface area contributed by atoms with Crippen LogP contribution in [0.3, 0.4) is 0 Å². The first kappa shape index (κ1) is 16.0. The molecule has 3 nitrogen and oxygen atoms in total. The molecule has 0 fully saturated rings. The van der Waals surface area contributed by atoms with E-state index in [9.17, 15) is 13.2 Å². The van der Waals surface area contributed by atoms with E-state index in [1.54, 1.807) is 18.2 Å². The molecule has 0 aliphatic heterocycles. The highest BCUT2D eigenvalue weighted by Gasteiger charge is 2.27. The van der Waals surface area contributed by atoms with Crippen LogP contribution in [-0.2, 0) is 0 Å². The van der Waals surface area contributed by atoms with E-state index in [0.717, 1.165) is 5.56 Å². The summed E-state index contributed by atoms with van der Waals surface area (Å²) in [6.45, 7) is 1.79. The van der Waals surface area contributed by atoms with Crippen LogP contribution >= 0.6 is 11.8 Å². The van der Waals surface area contributed by atoms with Crippen LogP contribution in [0.4, 0.5) is 13.2 Å². The van der Waals surface area contributed by atoms with E-state index in [4.69, 9.17) is 15.2 Å². The molecular weight excluding hydrogens is 279 g/mol. The molecule has 0 radical (unpaired) electrons. The quantitative estimate of drug-likeness (QED) is 0.817. The van der Waals surface area contributed by atoms with E-state index in [0.29, 0.717) is 11.5 Å². The fourth-order valence-electron chi connectivity index (χ4n) is 1.40. The molecule has 0 spiro atoms. The van der Waals surface area contributed by atoms with Crippen molar-refractivity contribution in [3.05, 3.63) is 23.8 Å². The lowest BCUT2D eigenvalue weighted by atomic mass is 10.1.